The van der Waals surface area contributed by atoms with Gasteiger partial charge in [-0.3, -0.25) is 14.5 Å². The fourth-order valence-electron chi connectivity index (χ4n) is 3.06. The van der Waals surface area contributed by atoms with E-state index >= 15 is 0 Å². The number of halogens is 2. The average molecular weight is 460 g/mol. The van der Waals surface area contributed by atoms with Crippen molar-refractivity contribution >= 4 is 49.8 Å². The molecule has 1 N–H and O–H groups in total. The monoisotopic (exact) mass is 459 g/mol. The van der Waals surface area contributed by atoms with Crippen molar-refractivity contribution in [3.05, 3.63) is 81.0 Å². The van der Waals surface area contributed by atoms with Crippen LogP contribution in [0.1, 0.15) is 17.2 Å². The van der Waals surface area contributed by atoms with Crippen LogP contribution in [0.5, 0.6) is 0 Å². The van der Waals surface area contributed by atoms with Crippen molar-refractivity contribution in [3.8, 4) is 0 Å². The molecule has 2 heterocycles. The number of rotatable bonds is 3. The van der Waals surface area contributed by atoms with Gasteiger partial charge in [0.1, 0.15) is 17.1 Å². The van der Waals surface area contributed by atoms with Gasteiger partial charge >= 0.3 is 5.91 Å². The van der Waals surface area contributed by atoms with Crippen LogP contribution in [0.25, 0.3) is 5.76 Å². The molecule has 1 aliphatic rings. The number of carbonyl (C=O) groups excluding carboxylic acids is 2. The Morgan fingerprint density at radius 2 is 1.93 bits per heavy atom. The standard InChI is InChI=1S/C19H11BrFN3O3S/c20-12-3-1-2-11(8-12)15-14(16(25)10-4-6-13(21)7-5-10)17(26)18(27)24(15)19-23-22-9-28-19/h1-9,15,25H/b16-14-. The molecule has 0 spiro atoms. The highest BCUT2D eigenvalue weighted by atomic mass is 79.9. The molecule has 0 radical (unpaired) electrons. The van der Waals surface area contributed by atoms with Gasteiger partial charge in [-0.1, -0.05) is 39.4 Å². The second kappa shape index (κ2) is 7.25. The summed E-state index contributed by atoms with van der Waals surface area (Å²) in [5, 5.41) is 18.7. The summed E-state index contributed by atoms with van der Waals surface area (Å²) in [6.45, 7) is 0. The average Bonchev–Trinajstić information content (AvgIpc) is 3.29. The van der Waals surface area contributed by atoms with Gasteiger partial charge in [0.2, 0.25) is 5.13 Å². The number of hydrogen-bond acceptors (Lipinski definition) is 6. The number of anilines is 1. The van der Waals surface area contributed by atoms with Crippen LogP contribution in [-0.4, -0.2) is 27.0 Å². The van der Waals surface area contributed by atoms with Gasteiger partial charge in [-0.05, 0) is 42.0 Å². The Kier molecular flexibility index (Phi) is 4.78. The number of ketones is 1. The molecule has 9 heteroatoms. The lowest BCUT2D eigenvalue weighted by molar-refractivity contribution is -0.132. The smallest absolute Gasteiger partial charge is 0.301 e. The summed E-state index contributed by atoms with van der Waals surface area (Å²) in [4.78, 5) is 26.8. The van der Waals surface area contributed by atoms with E-state index in [0.29, 0.717) is 5.56 Å². The molecular formula is C19H11BrFN3O3S. The zero-order valence-electron chi connectivity index (χ0n) is 14.0. The van der Waals surface area contributed by atoms with Gasteiger partial charge in [0.05, 0.1) is 11.6 Å². The fraction of sp³-hybridized carbons (Fsp3) is 0.0526. The lowest BCUT2D eigenvalue weighted by Gasteiger charge is -2.22. The summed E-state index contributed by atoms with van der Waals surface area (Å²) in [6.07, 6.45) is 0. The highest BCUT2D eigenvalue weighted by Gasteiger charge is 2.48. The van der Waals surface area contributed by atoms with Gasteiger partial charge in [0.25, 0.3) is 5.78 Å². The second-order valence-electron chi connectivity index (χ2n) is 5.95. The molecular weight excluding hydrogens is 449 g/mol. The number of hydrogen-bond donors (Lipinski definition) is 1. The normalized spacial score (nSPS) is 18.6. The Balaban J connectivity index is 1.95. The highest BCUT2D eigenvalue weighted by Crippen LogP contribution is 2.42. The molecule has 2 aromatic carbocycles. The predicted molar refractivity (Wildman–Crippen MR) is 105 cm³/mol. The Morgan fingerprint density at radius 3 is 2.57 bits per heavy atom. The van der Waals surface area contributed by atoms with Crippen LogP contribution >= 0.6 is 27.3 Å². The first kappa shape index (κ1) is 18.5. The summed E-state index contributed by atoms with van der Waals surface area (Å²) in [7, 11) is 0. The number of benzene rings is 2. The summed E-state index contributed by atoms with van der Waals surface area (Å²) < 4.78 is 14.0. The fourth-order valence-corrected chi connectivity index (χ4v) is 4.06. The van der Waals surface area contributed by atoms with Crippen LogP contribution in [0.2, 0.25) is 0 Å². The van der Waals surface area contributed by atoms with Crippen LogP contribution in [0.4, 0.5) is 9.52 Å². The van der Waals surface area contributed by atoms with E-state index in [1.54, 1.807) is 24.3 Å². The van der Waals surface area contributed by atoms with E-state index < -0.39 is 23.5 Å². The number of aliphatic hydroxyl groups is 1. The van der Waals surface area contributed by atoms with Crippen molar-refractivity contribution in [2.75, 3.05) is 4.90 Å². The molecule has 0 aliphatic carbocycles. The minimum Gasteiger partial charge on any atom is -0.507 e. The first-order valence-electron chi connectivity index (χ1n) is 8.06. The van der Waals surface area contributed by atoms with Crippen molar-refractivity contribution in [1.82, 2.24) is 10.2 Å². The molecule has 1 saturated heterocycles. The van der Waals surface area contributed by atoms with Gasteiger partial charge in [-0.25, -0.2) is 4.39 Å². The van der Waals surface area contributed by atoms with Gasteiger partial charge in [-0.15, -0.1) is 10.2 Å². The van der Waals surface area contributed by atoms with Crippen molar-refractivity contribution < 1.29 is 19.1 Å². The first-order chi connectivity index (χ1) is 13.5. The maximum atomic E-state index is 13.3. The molecule has 1 atom stereocenters. The molecule has 0 bridgehead atoms. The Labute approximate surface area is 171 Å². The van der Waals surface area contributed by atoms with Crippen LogP contribution < -0.4 is 4.90 Å². The summed E-state index contributed by atoms with van der Waals surface area (Å²) >= 11 is 4.49. The van der Waals surface area contributed by atoms with Gasteiger partial charge in [-0.2, -0.15) is 0 Å². The van der Waals surface area contributed by atoms with Crippen LogP contribution in [0.3, 0.4) is 0 Å². The largest absolute Gasteiger partial charge is 0.507 e. The van der Waals surface area contributed by atoms with Crippen molar-refractivity contribution in [2.24, 2.45) is 0 Å². The molecule has 1 fully saturated rings. The van der Waals surface area contributed by atoms with Gasteiger partial charge in [0, 0.05) is 10.0 Å². The lowest BCUT2D eigenvalue weighted by atomic mass is 9.95. The van der Waals surface area contributed by atoms with E-state index in [1.807, 2.05) is 0 Å². The lowest BCUT2D eigenvalue weighted by Crippen LogP contribution is -2.29. The SMILES string of the molecule is O=C1C(=O)N(c2nncs2)C(c2cccc(Br)c2)/C1=C(/O)c1ccc(F)cc1. The molecule has 1 aromatic heterocycles. The minimum atomic E-state index is -0.893. The number of Topliss-reactive ketones (excluding diaryl/α,β-unsaturated/α-hetero) is 1. The molecule has 1 aliphatic heterocycles. The summed E-state index contributed by atoms with van der Waals surface area (Å²) in [5.41, 5.74) is 2.20. The van der Waals surface area contributed by atoms with E-state index in [2.05, 4.69) is 26.1 Å². The topological polar surface area (TPSA) is 83.4 Å². The van der Waals surface area contributed by atoms with E-state index in [0.717, 1.165) is 15.8 Å². The summed E-state index contributed by atoms with van der Waals surface area (Å²) in [5.74, 6) is -2.52. The number of nitrogens with zero attached hydrogens (tertiary/aromatic N) is 3. The van der Waals surface area contributed by atoms with Gasteiger partial charge in [0.15, 0.2) is 0 Å². The van der Waals surface area contributed by atoms with Gasteiger partial charge < -0.3 is 5.11 Å². The van der Waals surface area contributed by atoms with E-state index in [4.69, 9.17) is 0 Å². The third-order valence-corrected chi connectivity index (χ3v) is 5.46. The molecule has 1 unspecified atom stereocenters. The molecule has 28 heavy (non-hydrogen) atoms. The molecule has 6 nitrogen and oxygen atoms in total. The highest BCUT2D eigenvalue weighted by molar-refractivity contribution is 9.10. The summed E-state index contributed by atoms with van der Waals surface area (Å²) in [6, 6.07) is 11.2. The number of carbonyl (C=O) groups is 2. The third kappa shape index (κ3) is 3.12. The van der Waals surface area contributed by atoms with E-state index in [-0.39, 0.29) is 22.0 Å². The molecule has 4 rings (SSSR count). The first-order valence-corrected chi connectivity index (χ1v) is 9.73. The predicted octanol–water partition coefficient (Wildman–Crippen LogP) is 4.07. The maximum absolute atomic E-state index is 13.3. The van der Waals surface area contributed by atoms with Crippen LogP contribution in [0.15, 0.2) is 64.1 Å². The Bertz CT molecular complexity index is 1100. The maximum Gasteiger partial charge on any atom is 0.301 e. The molecule has 140 valence electrons. The minimum absolute atomic E-state index is 0.0927. The number of aromatic nitrogens is 2. The third-order valence-electron chi connectivity index (χ3n) is 4.28. The number of aliphatic hydroxyl groups excluding tert-OH is 1. The van der Waals surface area contributed by atoms with Crippen molar-refractivity contribution in [1.29, 1.82) is 0 Å². The zero-order valence-corrected chi connectivity index (χ0v) is 16.4. The van der Waals surface area contributed by atoms with Crippen molar-refractivity contribution in [2.45, 2.75) is 6.04 Å². The van der Waals surface area contributed by atoms with Crippen LogP contribution in [-0.2, 0) is 9.59 Å². The number of amides is 1. The molecule has 1 amide bonds. The molecule has 0 saturated carbocycles. The van der Waals surface area contributed by atoms with E-state index in [9.17, 15) is 19.1 Å². The Hall–Kier alpha value is -2.91. The zero-order chi connectivity index (χ0) is 19.8. The Morgan fingerprint density at radius 1 is 1.18 bits per heavy atom. The van der Waals surface area contributed by atoms with Crippen molar-refractivity contribution in [3.63, 3.8) is 0 Å². The second-order valence-corrected chi connectivity index (χ2v) is 7.68. The van der Waals surface area contributed by atoms with E-state index in [1.165, 1.54) is 34.7 Å². The quantitative estimate of drug-likeness (QED) is 0.362. The molecule has 3 aromatic rings. The van der Waals surface area contributed by atoms with Crippen LogP contribution in [0, 0.1) is 5.82 Å².